The summed E-state index contributed by atoms with van der Waals surface area (Å²) >= 11 is 3.34. The van der Waals surface area contributed by atoms with Gasteiger partial charge in [-0.1, -0.05) is 72.8 Å². The molecule has 2 heterocycles. The SMILES string of the molecule is C=CC(=O)OCCOc1ccc(-c2nc3ccc(C4(c5ccc6nc(-c7ccc(OCCOC(=O)C=C)cc7)sc6c5)c5cc(C)ccc5-c5ccc(C)cc54)cc3s2)cc1. The van der Waals surface area contributed by atoms with Crippen molar-refractivity contribution in [2.75, 3.05) is 26.4 Å². The molecular formula is C51H40N2O6S2. The van der Waals surface area contributed by atoms with Crippen LogP contribution in [0.4, 0.5) is 0 Å². The molecule has 9 rings (SSSR count). The fourth-order valence-corrected chi connectivity index (χ4v) is 10.0. The normalized spacial score (nSPS) is 12.4. The van der Waals surface area contributed by atoms with Gasteiger partial charge in [-0.25, -0.2) is 19.6 Å². The Bertz CT molecular complexity index is 2780. The summed E-state index contributed by atoms with van der Waals surface area (Å²) in [6.45, 7) is 11.9. The van der Waals surface area contributed by atoms with Crippen LogP contribution in [0.2, 0.25) is 0 Å². The van der Waals surface area contributed by atoms with Crippen LogP contribution >= 0.6 is 22.7 Å². The van der Waals surface area contributed by atoms with E-state index in [1.54, 1.807) is 22.7 Å². The molecule has 0 saturated carbocycles. The van der Waals surface area contributed by atoms with Crippen LogP contribution in [0.15, 0.2) is 147 Å². The van der Waals surface area contributed by atoms with Gasteiger partial charge in [-0.3, -0.25) is 0 Å². The minimum absolute atomic E-state index is 0.146. The molecule has 61 heavy (non-hydrogen) atoms. The van der Waals surface area contributed by atoms with Gasteiger partial charge in [0.1, 0.15) is 47.9 Å². The molecule has 0 aliphatic heterocycles. The van der Waals surface area contributed by atoms with Crippen molar-refractivity contribution in [3.63, 3.8) is 0 Å². The first-order valence-electron chi connectivity index (χ1n) is 19.8. The zero-order valence-corrected chi connectivity index (χ0v) is 35.2. The second-order valence-corrected chi connectivity index (χ2v) is 16.8. The first kappa shape index (κ1) is 39.6. The molecule has 0 spiro atoms. The van der Waals surface area contributed by atoms with Crippen LogP contribution in [0.5, 0.6) is 11.5 Å². The van der Waals surface area contributed by atoms with E-state index in [4.69, 9.17) is 28.9 Å². The molecule has 8 aromatic rings. The van der Waals surface area contributed by atoms with Crippen molar-refractivity contribution < 1.29 is 28.5 Å². The summed E-state index contributed by atoms with van der Waals surface area (Å²) in [6.07, 6.45) is 2.27. The van der Waals surface area contributed by atoms with E-state index < -0.39 is 17.4 Å². The lowest BCUT2D eigenvalue weighted by Crippen LogP contribution is -2.28. The maximum atomic E-state index is 11.3. The lowest BCUT2D eigenvalue weighted by molar-refractivity contribution is -0.139. The molecule has 0 unspecified atom stereocenters. The van der Waals surface area contributed by atoms with Crippen molar-refractivity contribution in [3.8, 4) is 43.8 Å². The number of hydrogen-bond acceptors (Lipinski definition) is 10. The molecule has 2 aromatic heterocycles. The highest BCUT2D eigenvalue weighted by atomic mass is 32.1. The molecule has 0 bridgehead atoms. The van der Waals surface area contributed by atoms with Gasteiger partial charge in [0.15, 0.2) is 0 Å². The summed E-state index contributed by atoms with van der Waals surface area (Å²) in [7, 11) is 0. The highest BCUT2D eigenvalue weighted by Gasteiger charge is 2.46. The van der Waals surface area contributed by atoms with Crippen LogP contribution in [-0.4, -0.2) is 48.3 Å². The number of esters is 2. The molecule has 8 nitrogen and oxygen atoms in total. The fraction of sp³-hybridized carbons (Fsp3) is 0.137. The maximum absolute atomic E-state index is 11.3. The highest BCUT2D eigenvalue weighted by Crippen LogP contribution is 2.57. The number of benzene rings is 6. The average Bonchev–Trinajstić information content (AvgIpc) is 3.99. The number of fused-ring (bicyclic) bond motifs is 5. The number of thiazole rings is 2. The largest absolute Gasteiger partial charge is 0.490 e. The number of aromatic nitrogens is 2. The lowest BCUT2D eigenvalue weighted by Gasteiger charge is -2.34. The third kappa shape index (κ3) is 7.60. The molecule has 1 aliphatic carbocycles. The summed E-state index contributed by atoms with van der Waals surface area (Å²) in [5, 5.41) is 1.83. The Labute approximate surface area is 361 Å². The molecule has 0 saturated heterocycles. The molecule has 0 fully saturated rings. The van der Waals surface area contributed by atoms with Crippen LogP contribution < -0.4 is 9.47 Å². The number of carbonyl (C=O) groups is 2. The van der Waals surface area contributed by atoms with Gasteiger partial charge in [0.05, 0.1) is 25.8 Å². The fourth-order valence-electron chi connectivity index (χ4n) is 8.01. The molecule has 0 radical (unpaired) electrons. The Hall–Kier alpha value is -6.88. The number of rotatable bonds is 14. The molecule has 10 heteroatoms. The van der Waals surface area contributed by atoms with Crippen LogP contribution in [0.25, 0.3) is 52.7 Å². The lowest BCUT2D eigenvalue weighted by atomic mass is 9.67. The Morgan fingerprint density at radius 1 is 0.557 bits per heavy atom. The molecule has 302 valence electrons. The number of hydrogen-bond donors (Lipinski definition) is 0. The topological polar surface area (TPSA) is 96.8 Å². The minimum atomic E-state index is -0.614. The van der Waals surface area contributed by atoms with E-state index in [2.05, 4.69) is 99.8 Å². The van der Waals surface area contributed by atoms with Crippen molar-refractivity contribution in [1.29, 1.82) is 0 Å². The van der Waals surface area contributed by atoms with Crippen LogP contribution in [-0.2, 0) is 24.5 Å². The quantitative estimate of drug-likeness (QED) is 0.0607. The average molecular weight is 841 g/mol. The molecule has 0 N–H and O–H groups in total. The molecule has 0 amide bonds. The molecular weight excluding hydrogens is 801 g/mol. The van der Waals surface area contributed by atoms with E-state index in [1.165, 1.54) is 44.5 Å². The van der Waals surface area contributed by atoms with Gasteiger partial charge in [0.2, 0.25) is 0 Å². The summed E-state index contributed by atoms with van der Waals surface area (Å²) in [6, 6.07) is 42.8. The van der Waals surface area contributed by atoms with Crippen molar-refractivity contribution in [3.05, 3.63) is 180 Å². The van der Waals surface area contributed by atoms with Crippen molar-refractivity contribution in [1.82, 2.24) is 9.97 Å². The second kappa shape index (κ2) is 16.6. The predicted octanol–water partition coefficient (Wildman–Crippen LogP) is 11.4. The maximum Gasteiger partial charge on any atom is 0.330 e. The van der Waals surface area contributed by atoms with Gasteiger partial charge < -0.3 is 18.9 Å². The number of aryl methyl sites for hydroxylation is 2. The summed E-state index contributed by atoms with van der Waals surface area (Å²) in [4.78, 5) is 32.9. The molecule has 0 atom stereocenters. The molecule has 6 aromatic carbocycles. The van der Waals surface area contributed by atoms with Crippen molar-refractivity contribution in [2.45, 2.75) is 19.3 Å². The standard InChI is InChI=1S/C51H40N2O6S2/c1-5-47(54)58-25-23-56-37-15-9-33(10-16-37)49-52-43-21-13-35(29-45(43)60-49)51(41-27-31(3)7-19-39(41)40-20-8-32(4)28-42(40)51)36-14-22-44-46(30-36)61-50(53-44)34-11-17-38(18-12-34)57-24-26-59-48(55)6-2/h5-22,27-30H,1-2,23-26H2,3-4H3. The van der Waals surface area contributed by atoms with E-state index in [0.29, 0.717) is 11.5 Å². The van der Waals surface area contributed by atoms with Gasteiger partial charge in [-0.05, 0) is 120 Å². The van der Waals surface area contributed by atoms with E-state index >= 15 is 0 Å². The number of ether oxygens (including phenoxy) is 4. The predicted molar refractivity (Wildman–Crippen MR) is 244 cm³/mol. The van der Waals surface area contributed by atoms with Gasteiger partial charge in [0.25, 0.3) is 0 Å². The van der Waals surface area contributed by atoms with Gasteiger partial charge in [-0.15, -0.1) is 22.7 Å². The van der Waals surface area contributed by atoms with Gasteiger partial charge >= 0.3 is 11.9 Å². The van der Waals surface area contributed by atoms with E-state index in [9.17, 15) is 9.59 Å². The Morgan fingerprint density at radius 3 is 1.39 bits per heavy atom. The van der Waals surface area contributed by atoms with Crippen LogP contribution in [0.3, 0.4) is 0 Å². The summed E-state index contributed by atoms with van der Waals surface area (Å²) < 4.78 is 23.8. The summed E-state index contributed by atoms with van der Waals surface area (Å²) in [5.41, 5.74) is 13.0. The highest BCUT2D eigenvalue weighted by molar-refractivity contribution is 7.22. The number of nitrogens with zero attached hydrogens (tertiary/aromatic N) is 2. The van der Waals surface area contributed by atoms with E-state index in [-0.39, 0.29) is 26.4 Å². The van der Waals surface area contributed by atoms with Crippen LogP contribution in [0, 0.1) is 13.8 Å². The zero-order valence-electron chi connectivity index (χ0n) is 33.6. The Morgan fingerprint density at radius 2 is 0.984 bits per heavy atom. The van der Waals surface area contributed by atoms with Gasteiger partial charge in [-0.2, -0.15) is 0 Å². The monoisotopic (exact) mass is 840 g/mol. The van der Waals surface area contributed by atoms with Crippen molar-refractivity contribution >= 4 is 55.0 Å². The zero-order chi connectivity index (χ0) is 42.1. The van der Waals surface area contributed by atoms with E-state index in [0.717, 1.165) is 53.7 Å². The molecule has 1 aliphatic rings. The summed E-state index contributed by atoms with van der Waals surface area (Å²) in [5.74, 6) is 0.424. The third-order valence-electron chi connectivity index (χ3n) is 10.8. The minimum Gasteiger partial charge on any atom is -0.490 e. The Kier molecular flexibility index (Phi) is 10.8. The second-order valence-electron chi connectivity index (χ2n) is 14.7. The number of carbonyl (C=O) groups excluding carboxylic acids is 2. The van der Waals surface area contributed by atoms with Crippen molar-refractivity contribution in [2.24, 2.45) is 0 Å². The van der Waals surface area contributed by atoms with Crippen LogP contribution in [0.1, 0.15) is 33.4 Å². The Balaban J connectivity index is 1.09. The first-order valence-corrected chi connectivity index (χ1v) is 21.5. The van der Waals surface area contributed by atoms with E-state index in [1.807, 2.05) is 48.5 Å². The third-order valence-corrected chi connectivity index (χ3v) is 13.0. The van der Waals surface area contributed by atoms with Gasteiger partial charge in [0, 0.05) is 23.3 Å². The first-order chi connectivity index (χ1) is 29.7. The smallest absolute Gasteiger partial charge is 0.330 e.